The second-order valence-corrected chi connectivity index (χ2v) is 5.68. The maximum Gasteiger partial charge on any atom is 0.348 e. The van der Waals surface area contributed by atoms with Crippen molar-refractivity contribution in [2.75, 3.05) is 19.6 Å². The van der Waals surface area contributed by atoms with Crippen LogP contribution in [0.4, 0.5) is 0 Å². The van der Waals surface area contributed by atoms with Gasteiger partial charge in [0.25, 0.3) is 0 Å². The van der Waals surface area contributed by atoms with E-state index in [4.69, 9.17) is 5.26 Å². The van der Waals surface area contributed by atoms with E-state index in [1.54, 1.807) is 0 Å². The van der Waals surface area contributed by atoms with E-state index in [1.807, 2.05) is 6.07 Å². The zero-order valence-electron chi connectivity index (χ0n) is 9.29. The minimum atomic E-state index is -0.502. The zero-order chi connectivity index (χ0) is 11.4. The Morgan fingerprint density at radius 3 is 2.60 bits per heavy atom. The van der Waals surface area contributed by atoms with Gasteiger partial charge in [-0.05, 0) is 42.2 Å². The van der Waals surface area contributed by atoms with Gasteiger partial charge in [0, 0.05) is 0 Å². The van der Waals surface area contributed by atoms with Crippen LogP contribution in [0.3, 0.4) is 0 Å². The van der Waals surface area contributed by atoms with Crippen molar-refractivity contribution in [1.82, 2.24) is 0 Å². The smallest absolute Gasteiger partial charge is 0.348 e. The molecule has 1 fully saturated rings. The number of hydrogen-bond donors (Lipinski definition) is 0. The Hall–Kier alpha value is -1.08. The third-order valence-corrected chi connectivity index (χ3v) is 3.90. The molecule has 0 spiro atoms. The van der Waals surface area contributed by atoms with Crippen LogP contribution in [0.15, 0.2) is 11.1 Å². The summed E-state index contributed by atoms with van der Waals surface area (Å²) >= 11 is 0. The molecule has 0 aromatic heterocycles. The molecule has 0 heterocycles. The Labute approximate surface area is 92.7 Å². The number of esters is 1. The lowest BCUT2D eigenvalue weighted by atomic mass is 10.1. The topological polar surface area (TPSA) is 50.1 Å². The van der Waals surface area contributed by atoms with E-state index in [2.05, 4.69) is 17.2 Å². The summed E-state index contributed by atoms with van der Waals surface area (Å²) in [6.07, 6.45) is 7.12. The molecular weight excluding hydrogens is 210 g/mol. The first-order chi connectivity index (χ1) is 7.11. The number of methoxy groups -OCH3 is 1. The third kappa shape index (κ3) is 2.48. The molecule has 4 heteroatoms. The van der Waals surface area contributed by atoms with Gasteiger partial charge in [-0.3, -0.25) is 0 Å². The molecule has 0 atom stereocenters. The van der Waals surface area contributed by atoms with Crippen LogP contribution in [0.2, 0.25) is 0 Å². The largest absolute Gasteiger partial charge is 0.465 e. The summed E-state index contributed by atoms with van der Waals surface area (Å²) in [6.45, 7) is 0. The zero-order valence-corrected chi connectivity index (χ0v) is 10.1. The van der Waals surface area contributed by atoms with Gasteiger partial charge >= 0.3 is 5.97 Å². The maximum atomic E-state index is 11.4. The van der Waals surface area contributed by atoms with Crippen LogP contribution in [0.1, 0.15) is 19.3 Å². The van der Waals surface area contributed by atoms with Crippen LogP contribution in [0, 0.1) is 11.3 Å². The molecule has 1 saturated carbocycles. The Morgan fingerprint density at radius 2 is 2.13 bits per heavy atom. The van der Waals surface area contributed by atoms with Crippen molar-refractivity contribution in [1.29, 1.82) is 5.26 Å². The van der Waals surface area contributed by atoms with E-state index < -0.39 is 5.97 Å². The van der Waals surface area contributed by atoms with Gasteiger partial charge in [0.1, 0.15) is 11.6 Å². The van der Waals surface area contributed by atoms with Crippen molar-refractivity contribution in [2.24, 2.45) is 0 Å². The molecule has 0 unspecified atom stereocenters. The summed E-state index contributed by atoms with van der Waals surface area (Å²) in [5.74, 6) is -0.502. The summed E-state index contributed by atoms with van der Waals surface area (Å²) in [6, 6.07) is 1.97. The van der Waals surface area contributed by atoms with E-state index >= 15 is 0 Å². The molecule has 0 aromatic carbocycles. The number of nitriles is 1. The SMILES string of the molecule is COC(=O)C(C#N)=C1CCCC1=S(C)C. The monoisotopic (exact) mass is 225 g/mol. The summed E-state index contributed by atoms with van der Waals surface area (Å²) in [5, 5.41) is 8.97. The molecule has 82 valence electrons. The van der Waals surface area contributed by atoms with Gasteiger partial charge < -0.3 is 4.74 Å². The first-order valence-corrected chi connectivity index (χ1v) is 6.81. The van der Waals surface area contributed by atoms with Crippen molar-refractivity contribution in [3.05, 3.63) is 11.1 Å². The second kappa shape index (κ2) is 5.13. The quantitative estimate of drug-likeness (QED) is 0.296. The maximum absolute atomic E-state index is 11.4. The van der Waals surface area contributed by atoms with Gasteiger partial charge in [0.2, 0.25) is 0 Å². The van der Waals surface area contributed by atoms with Crippen LogP contribution < -0.4 is 0 Å². The molecule has 0 aromatic rings. The van der Waals surface area contributed by atoms with E-state index in [0.717, 1.165) is 24.8 Å². The Balaban J connectivity index is 3.23. The molecular formula is C11H15NO2S. The summed E-state index contributed by atoms with van der Waals surface area (Å²) < 4.78 is 4.61. The van der Waals surface area contributed by atoms with Gasteiger partial charge in [-0.15, -0.1) is 0 Å². The molecule has 1 aliphatic carbocycles. The minimum Gasteiger partial charge on any atom is -0.465 e. The molecule has 0 aliphatic heterocycles. The lowest BCUT2D eigenvalue weighted by molar-refractivity contribution is -0.135. The fourth-order valence-corrected chi connectivity index (χ4v) is 3.02. The highest BCUT2D eigenvalue weighted by Gasteiger charge is 2.23. The van der Waals surface area contributed by atoms with Crippen LogP contribution in [0.25, 0.3) is 0 Å². The fourth-order valence-electron chi connectivity index (χ4n) is 1.77. The van der Waals surface area contributed by atoms with E-state index in [1.165, 1.54) is 12.0 Å². The molecule has 1 rings (SSSR count). The Bertz CT molecular complexity index is 384. The lowest BCUT2D eigenvalue weighted by Crippen LogP contribution is -2.09. The Morgan fingerprint density at radius 1 is 1.47 bits per heavy atom. The summed E-state index contributed by atoms with van der Waals surface area (Å²) in [7, 11) is 1.45. The molecule has 0 saturated heterocycles. The first kappa shape index (κ1) is 12.0. The van der Waals surface area contributed by atoms with Crippen LogP contribution in [-0.4, -0.2) is 30.5 Å². The number of allylic oxidation sites excluding steroid dienone is 1. The van der Waals surface area contributed by atoms with Crippen molar-refractivity contribution < 1.29 is 9.53 Å². The van der Waals surface area contributed by atoms with Gasteiger partial charge in [-0.25, -0.2) is 4.79 Å². The molecule has 3 nitrogen and oxygen atoms in total. The predicted octanol–water partition coefficient (Wildman–Crippen LogP) is 1.86. The fraction of sp³-hybridized carbons (Fsp3) is 0.545. The first-order valence-electron chi connectivity index (χ1n) is 4.77. The number of carbonyl (C=O) groups excluding carboxylic acids is 1. The molecule has 0 N–H and O–H groups in total. The lowest BCUT2D eigenvalue weighted by Gasteiger charge is -2.06. The Kier molecular flexibility index (Phi) is 4.10. The second-order valence-electron chi connectivity index (χ2n) is 3.55. The number of ether oxygens (including phenoxy) is 1. The average Bonchev–Trinajstić information content (AvgIpc) is 2.67. The highest BCUT2D eigenvalue weighted by Crippen LogP contribution is 2.30. The highest BCUT2D eigenvalue weighted by atomic mass is 32.2. The molecule has 15 heavy (non-hydrogen) atoms. The van der Waals surface area contributed by atoms with E-state index in [9.17, 15) is 4.79 Å². The number of rotatable bonds is 1. The highest BCUT2D eigenvalue weighted by molar-refractivity contribution is 8.15. The summed E-state index contributed by atoms with van der Waals surface area (Å²) in [5.41, 5.74) is 1.13. The minimum absolute atomic E-state index is 0.138. The van der Waals surface area contributed by atoms with E-state index in [0.29, 0.717) is 0 Å². The van der Waals surface area contributed by atoms with Crippen molar-refractivity contribution in [2.45, 2.75) is 19.3 Å². The van der Waals surface area contributed by atoms with Crippen LogP contribution >= 0.6 is 10.5 Å². The predicted molar refractivity (Wildman–Crippen MR) is 63.0 cm³/mol. The van der Waals surface area contributed by atoms with Gasteiger partial charge in [-0.1, -0.05) is 0 Å². The third-order valence-electron chi connectivity index (χ3n) is 2.46. The van der Waals surface area contributed by atoms with Gasteiger partial charge in [0.05, 0.1) is 7.11 Å². The van der Waals surface area contributed by atoms with Gasteiger partial charge in [-0.2, -0.15) is 15.7 Å². The number of nitrogens with zero attached hydrogens (tertiary/aromatic N) is 1. The standard InChI is InChI=1S/C11H15NO2S/c1-14-11(13)9(7-12)8-5-4-6-10(8)15(2)3/h4-6H2,1-3H3. The van der Waals surface area contributed by atoms with Crippen molar-refractivity contribution >= 4 is 21.3 Å². The number of hydrogen-bond acceptors (Lipinski definition) is 3. The summed E-state index contributed by atoms with van der Waals surface area (Å²) in [4.78, 5) is 12.6. The van der Waals surface area contributed by atoms with Crippen molar-refractivity contribution in [3.8, 4) is 6.07 Å². The van der Waals surface area contributed by atoms with E-state index in [-0.39, 0.29) is 16.1 Å². The molecule has 1 aliphatic rings. The van der Waals surface area contributed by atoms with Crippen LogP contribution in [0.5, 0.6) is 0 Å². The molecule has 0 bridgehead atoms. The average molecular weight is 225 g/mol. The van der Waals surface area contributed by atoms with Crippen LogP contribution in [-0.2, 0) is 9.53 Å². The van der Waals surface area contributed by atoms with Crippen molar-refractivity contribution in [3.63, 3.8) is 0 Å². The molecule has 0 amide bonds. The molecule has 0 radical (unpaired) electrons. The number of carbonyl (C=O) groups is 1. The normalized spacial score (nSPS) is 19.0. The van der Waals surface area contributed by atoms with Gasteiger partial charge in [0.15, 0.2) is 0 Å².